The van der Waals surface area contributed by atoms with Crippen molar-refractivity contribution in [1.29, 1.82) is 0 Å². The third-order valence-electron chi connectivity index (χ3n) is 10.4. The van der Waals surface area contributed by atoms with Gasteiger partial charge in [0.2, 0.25) is 11.4 Å². The lowest BCUT2D eigenvalue weighted by Gasteiger charge is -2.10. The summed E-state index contributed by atoms with van der Waals surface area (Å²) < 4.78 is 21.1. The molecule has 52 heavy (non-hydrogen) atoms. The molecule has 4 aromatic heterocycles. The Morgan fingerprint density at radius 1 is 0.500 bits per heavy atom. The van der Waals surface area contributed by atoms with E-state index in [0.717, 1.165) is 50.5 Å². The zero-order valence-corrected chi connectivity index (χ0v) is 33.3. The van der Waals surface area contributed by atoms with Gasteiger partial charge in [-0.1, -0.05) is 60.7 Å². The van der Waals surface area contributed by atoms with Crippen molar-refractivity contribution in [3.05, 3.63) is 144 Å². The van der Waals surface area contributed by atoms with Gasteiger partial charge in [0.1, 0.15) is 35.6 Å². The Hall–Kier alpha value is -4.66. The van der Waals surface area contributed by atoms with Crippen LogP contribution in [-0.2, 0) is 26.2 Å². The van der Waals surface area contributed by atoms with Gasteiger partial charge in [-0.05, 0) is 35.4 Å². The van der Waals surface area contributed by atoms with Crippen molar-refractivity contribution >= 4 is 43.6 Å². The van der Waals surface area contributed by atoms with Crippen molar-refractivity contribution in [3.8, 4) is 11.5 Å². The molecule has 6 nitrogen and oxygen atoms in total. The molecule has 0 amide bonds. The highest BCUT2D eigenvalue weighted by Crippen LogP contribution is 2.34. The smallest absolute Gasteiger partial charge is 0.202 e. The van der Waals surface area contributed by atoms with Gasteiger partial charge in [-0.2, -0.15) is 0 Å². The first-order chi connectivity index (χ1) is 24.5. The number of rotatable bonds is 11. The Morgan fingerprint density at radius 3 is 1.29 bits per heavy atom. The molecule has 0 unspecified atom stereocenters. The fourth-order valence-electron chi connectivity index (χ4n) is 7.82. The molecule has 8 rings (SSSR count). The molecule has 8 aromatic rings. The Bertz CT molecular complexity index is 2320. The van der Waals surface area contributed by atoms with E-state index in [4.69, 9.17) is 9.47 Å². The molecule has 8 heteroatoms. The van der Waals surface area contributed by atoms with Crippen molar-refractivity contribution in [1.82, 2.24) is 9.13 Å². The minimum Gasteiger partial charge on any atom is -1.00 e. The van der Waals surface area contributed by atoms with Crippen LogP contribution in [0.2, 0.25) is 0 Å². The summed E-state index contributed by atoms with van der Waals surface area (Å²) in [7, 11) is 3.48. The second kappa shape index (κ2) is 15.9. The van der Waals surface area contributed by atoms with Crippen molar-refractivity contribution in [2.75, 3.05) is 14.2 Å². The monoisotopic (exact) mass is 818 g/mol. The van der Waals surface area contributed by atoms with E-state index in [1.807, 2.05) is 0 Å². The van der Waals surface area contributed by atoms with Crippen molar-refractivity contribution < 1.29 is 52.6 Å². The van der Waals surface area contributed by atoms with Crippen LogP contribution in [0.3, 0.4) is 0 Å². The maximum Gasteiger partial charge on any atom is 0.202 e. The largest absolute Gasteiger partial charge is 1.00 e. The average molecular weight is 821 g/mol. The molecule has 4 heterocycles. The van der Waals surface area contributed by atoms with Crippen LogP contribution in [0, 0.1) is 13.8 Å². The Kier molecular flexibility index (Phi) is 11.4. The van der Waals surface area contributed by atoms with Gasteiger partial charge < -0.3 is 52.6 Å². The van der Waals surface area contributed by atoms with E-state index in [-0.39, 0.29) is 34.0 Å². The minimum absolute atomic E-state index is 0. The fourth-order valence-corrected chi connectivity index (χ4v) is 7.82. The maximum absolute atomic E-state index is 5.64. The number of fused-ring (bicyclic) bond motifs is 6. The van der Waals surface area contributed by atoms with E-state index in [9.17, 15) is 0 Å². The van der Waals surface area contributed by atoms with E-state index in [1.54, 1.807) is 14.2 Å². The average Bonchev–Trinajstić information content (AvgIpc) is 3.64. The third kappa shape index (κ3) is 6.82. The number of methoxy groups -OCH3 is 2. The number of pyridine rings is 2. The number of benzene rings is 4. The predicted octanol–water partition coefficient (Wildman–Crippen LogP) is 2.70. The van der Waals surface area contributed by atoms with Crippen molar-refractivity contribution in [3.63, 3.8) is 0 Å². The summed E-state index contributed by atoms with van der Waals surface area (Å²) in [6.07, 6.45) is 6.71. The summed E-state index contributed by atoms with van der Waals surface area (Å²) in [6, 6.07) is 39.0. The summed E-state index contributed by atoms with van der Waals surface area (Å²) in [5.74, 6) is 1.76. The number of halogens is 2. The van der Waals surface area contributed by atoms with Gasteiger partial charge in [-0.3, -0.25) is 0 Å². The molecular formula is C44H44Br2N4O2. The Labute approximate surface area is 326 Å². The van der Waals surface area contributed by atoms with Gasteiger partial charge in [0.25, 0.3) is 0 Å². The molecule has 0 saturated carbocycles. The number of hydrogen-bond donors (Lipinski definition) is 0. The van der Waals surface area contributed by atoms with E-state index in [2.05, 4.69) is 154 Å². The molecular weight excluding hydrogens is 776 g/mol. The van der Waals surface area contributed by atoms with Gasteiger partial charge in [0, 0.05) is 85.6 Å². The van der Waals surface area contributed by atoms with Gasteiger partial charge in [0.05, 0.1) is 25.3 Å². The molecule has 266 valence electrons. The number of aromatic nitrogens is 4. The van der Waals surface area contributed by atoms with E-state index in [1.165, 1.54) is 66.1 Å². The highest BCUT2D eigenvalue weighted by molar-refractivity contribution is 6.09. The maximum atomic E-state index is 5.64. The van der Waals surface area contributed by atoms with Gasteiger partial charge in [-0.25, -0.2) is 9.13 Å². The third-order valence-corrected chi connectivity index (χ3v) is 10.4. The second-order valence-electron chi connectivity index (χ2n) is 13.3. The molecule has 0 spiro atoms. The lowest BCUT2D eigenvalue weighted by atomic mass is 10.1. The molecule has 0 aliphatic carbocycles. The Balaban J connectivity index is 0.00000232. The Morgan fingerprint density at radius 2 is 0.904 bits per heavy atom. The van der Waals surface area contributed by atoms with Crippen LogP contribution in [0.4, 0.5) is 0 Å². The SMILES string of the molecule is COc1ccc2c3cc[n+](CCCC[n+]4ccc5c6ccc(OC)cc6n(Cc6ccccc6)c5c4C)c(C)c3n(Cc3ccccc3)c2c1.[Br-].[Br-]. The van der Waals surface area contributed by atoms with E-state index >= 15 is 0 Å². The van der Waals surface area contributed by atoms with Crippen LogP contribution < -0.4 is 52.6 Å². The number of aryl methyl sites for hydroxylation is 4. The van der Waals surface area contributed by atoms with Crippen molar-refractivity contribution in [2.45, 2.75) is 52.9 Å². The molecule has 0 aliphatic heterocycles. The number of nitrogens with zero attached hydrogens (tertiary/aromatic N) is 4. The first kappa shape index (κ1) is 37.1. The summed E-state index contributed by atoms with van der Waals surface area (Å²) in [5.41, 5.74) is 10.1. The van der Waals surface area contributed by atoms with E-state index < -0.39 is 0 Å². The standard InChI is InChI=1S/C44H44N4O2.2BrH/c1-31-43-39(37-19-17-35(49-3)27-41(37)47(43)29-33-13-7-5-8-14-33)21-25-45(31)23-11-12-24-46-26-22-40-38-20-18-36(50-4)28-42(38)48(44(40)32(46)2)30-34-15-9-6-10-16-34;;/h5-10,13-22,25-28H,11-12,23-24,29-30H2,1-4H3;2*1H/q+2;;/p-2. The number of ether oxygens (including phenoxy) is 2. The highest BCUT2D eigenvalue weighted by Gasteiger charge is 2.22. The number of unbranched alkanes of at least 4 members (excludes halogenated alkanes) is 1. The van der Waals surface area contributed by atoms with Crippen LogP contribution in [0.25, 0.3) is 43.6 Å². The second-order valence-corrected chi connectivity index (χ2v) is 13.3. The molecule has 0 aliphatic rings. The predicted molar refractivity (Wildman–Crippen MR) is 202 cm³/mol. The lowest BCUT2D eigenvalue weighted by molar-refractivity contribution is -0.712. The van der Waals surface area contributed by atoms with E-state index in [0.29, 0.717) is 0 Å². The summed E-state index contributed by atoms with van der Waals surface area (Å²) in [6.45, 7) is 8.10. The summed E-state index contributed by atoms with van der Waals surface area (Å²) >= 11 is 0. The molecule has 4 aromatic carbocycles. The van der Waals surface area contributed by atoms with Crippen LogP contribution in [-0.4, -0.2) is 23.4 Å². The first-order valence-electron chi connectivity index (χ1n) is 17.6. The van der Waals surface area contributed by atoms with Crippen LogP contribution >= 0.6 is 0 Å². The summed E-state index contributed by atoms with van der Waals surface area (Å²) in [5, 5.41) is 5.10. The van der Waals surface area contributed by atoms with Gasteiger partial charge in [0.15, 0.2) is 12.4 Å². The number of hydrogen-bond acceptors (Lipinski definition) is 2. The normalized spacial score (nSPS) is 11.2. The van der Waals surface area contributed by atoms with Crippen molar-refractivity contribution in [2.24, 2.45) is 0 Å². The highest BCUT2D eigenvalue weighted by atomic mass is 79.9. The van der Waals surface area contributed by atoms with Gasteiger partial charge >= 0.3 is 0 Å². The summed E-state index contributed by atoms with van der Waals surface area (Å²) in [4.78, 5) is 0. The quantitative estimate of drug-likeness (QED) is 0.149. The zero-order valence-electron chi connectivity index (χ0n) is 30.2. The molecule has 0 bridgehead atoms. The lowest BCUT2D eigenvalue weighted by Crippen LogP contribution is -3.00. The minimum atomic E-state index is 0. The molecule has 0 atom stereocenters. The molecule has 0 N–H and O–H groups in total. The fraction of sp³-hybridized carbons (Fsp3) is 0.227. The van der Waals surface area contributed by atoms with Crippen LogP contribution in [0.1, 0.15) is 35.4 Å². The van der Waals surface area contributed by atoms with Crippen LogP contribution in [0.5, 0.6) is 11.5 Å². The molecule has 0 saturated heterocycles. The van der Waals surface area contributed by atoms with Gasteiger partial charge in [-0.15, -0.1) is 0 Å². The topological polar surface area (TPSA) is 36.1 Å². The molecule has 0 fully saturated rings. The first-order valence-corrected chi connectivity index (χ1v) is 17.6. The van der Waals surface area contributed by atoms with Crippen LogP contribution in [0.15, 0.2) is 122 Å². The molecule has 0 radical (unpaired) electrons. The zero-order chi connectivity index (χ0) is 34.2.